The highest BCUT2D eigenvalue weighted by atomic mass is 127. The maximum atomic E-state index is 4.23. The molecule has 118 valence electrons. The summed E-state index contributed by atoms with van der Waals surface area (Å²) in [4.78, 5) is 4.23. The molecule has 0 radical (unpaired) electrons. The van der Waals surface area contributed by atoms with Crippen LogP contribution in [0, 0.1) is 3.57 Å². The van der Waals surface area contributed by atoms with Crippen LogP contribution in [0.3, 0.4) is 0 Å². The molecule has 0 saturated carbocycles. The molecule has 0 amide bonds. The van der Waals surface area contributed by atoms with E-state index in [9.17, 15) is 0 Å². The Hall–Kier alpha value is -0.835. The van der Waals surface area contributed by atoms with Crippen molar-refractivity contribution < 1.29 is 0 Å². The Kier molecular flexibility index (Phi) is 8.76. The van der Waals surface area contributed by atoms with Crippen LogP contribution in [0.15, 0.2) is 42.7 Å². The first kappa shape index (κ1) is 19.2. The lowest BCUT2D eigenvalue weighted by molar-refractivity contribution is 0.820. The van der Waals surface area contributed by atoms with Gasteiger partial charge in [0.2, 0.25) is 0 Å². The average Bonchev–Trinajstić information content (AvgIpc) is 2.50. The number of aromatic nitrogens is 1. The molecule has 2 aromatic rings. The van der Waals surface area contributed by atoms with E-state index in [-0.39, 0.29) is 0 Å². The van der Waals surface area contributed by atoms with Gasteiger partial charge in [0.1, 0.15) is 7.85 Å². The van der Waals surface area contributed by atoms with E-state index in [4.69, 9.17) is 0 Å². The van der Waals surface area contributed by atoms with Crippen molar-refractivity contribution in [1.29, 1.82) is 0 Å². The van der Waals surface area contributed by atoms with E-state index in [1.54, 1.807) is 0 Å². The molecular formula is C19H27BIN. The van der Waals surface area contributed by atoms with E-state index < -0.39 is 0 Å². The van der Waals surface area contributed by atoms with Gasteiger partial charge in [-0.25, -0.2) is 0 Å². The Bertz CT molecular complexity index is 526. The van der Waals surface area contributed by atoms with E-state index in [1.807, 2.05) is 12.4 Å². The Morgan fingerprint density at radius 1 is 0.955 bits per heavy atom. The average molecular weight is 407 g/mol. The van der Waals surface area contributed by atoms with Gasteiger partial charge in [-0.15, -0.1) is 0 Å². The quantitative estimate of drug-likeness (QED) is 0.501. The first-order valence-electron chi connectivity index (χ1n) is 8.13. The number of hydrogen-bond donors (Lipinski definition) is 0. The number of nitrogens with zero attached hydrogens (tertiary/aromatic N) is 1. The van der Waals surface area contributed by atoms with Gasteiger partial charge >= 0.3 is 0 Å². The second kappa shape index (κ2) is 10.0. The van der Waals surface area contributed by atoms with Crippen LogP contribution in [0.5, 0.6) is 0 Å². The van der Waals surface area contributed by atoms with Crippen molar-refractivity contribution in [3.8, 4) is 0 Å². The molecule has 0 atom stereocenters. The molecule has 0 spiro atoms. The summed E-state index contributed by atoms with van der Waals surface area (Å²) in [5.41, 5.74) is 4.12. The van der Waals surface area contributed by atoms with E-state index in [1.165, 1.54) is 33.0 Å². The molecule has 1 aromatic heterocycles. The highest BCUT2D eigenvalue weighted by Gasteiger charge is 2.03. The third kappa shape index (κ3) is 6.95. The number of aryl methyl sites for hydroxylation is 1. The van der Waals surface area contributed by atoms with Crippen molar-refractivity contribution >= 4 is 30.4 Å². The van der Waals surface area contributed by atoms with Crippen LogP contribution in [0.1, 0.15) is 56.2 Å². The number of benzene rings is 1. The third-order valence-corrected chi connectivity index (χ3v) is 4.28. The van der Waals surface area contributed by atoms with Gasteiger partial charge in [-0.2, -0.15) is 0 Å². The molecule has 22 heavy (non-hydrogen) atoms. The molecular weight excluding hydrogens is 380 g/mol. The second-order valence-corrected chi connectivity index (χ2v) is 7.48. The molecule has 2 rings (SSSR count). The van der Waals surface area contributed by atoms with Crippen LogP contribution in [0.25, 0.3) is 0 Å². The zero-order valence-corrected chi connectivity index (χ0v) is 16.6. The number of rotatable bonds is 4. The maximum Gasteiger partial charge on any atom is 0.101 e. The smallest absolute Gasteiger partial charge is 0.101 e. The molecule has 0 aliphatic rings. The maximum absolute atomic E-state index is 4.23. The van der Waals surface area contributed by atoms with Crippen molar-refractivity contribution in [2.75, 3.05) is 0 Å². The summed E-state index contributed by atoms with van der Waals surface area (Å²) < 4.78 is 1.32. The van der Waals surface area contributed by atoms with Gasteiger partial charge in [0.25, 0.3) is 0 Å². The number of hydrogen-bond acceptors (Lipinski definition) is 1. The summed E-state index contributed by atoms with van der Waals surface area (Å²) in [7, 11) is 2.21. The van der Waals surface area contributed by atoms with Crippen molar-refractivity contribution in [3.63, 3.8) is 0 Å². The highest BCUT2D eigenvalue weighted by molar-refractivity contribution is 14.1. The lowest BCUT2D eigenvalue weighted by Gasteiger charge is -2.09. The number of pyridine rings is 1. The first-order valence-corrected chi connectivity index (χ1v) is 9.21. The molecule has 1 heterocycles. The minimum Gasteiger partial charge on any atom is -0.264 e. The van der Waals surface area contributed by atoms with Crippen LogP contribution in [0.2, 0.25) is 6.32 Å². The lowest BCUT2D eigenvalue weighted by atomic mass is 9.98. The van der Waals surface area contributed by atoms with Crippen molar-refractivity contribution in [2.45, 2.75) is 52.3 Å². The Morgan fingerprint density at radius 3 is 1.86 bits per heavy atom. The first-order chi connectivity index (χ1) is 10.4. The Morgan fingerprint density at radius 2 is 1.45 bits per heavy atom. The minimum absolute atomic E-state index is 0.580. The molecule has 0 unspecified atom stereocenters. The van der Waals surface area contributed by atoms with Crippen molar-refractivity contribution in [2.24, 2.45) is 0 Å². The molecule has 0 aliphatic heterocycles. The van der Waals surface area contributed by atoms with Crippen LogP contribution in [-0.2, 0) is 6.42 Å². The predicted molar refractivity (Wildman–Crippen MR) is 109 cm³/mol. The van der Waals surface area contributed by atoms with Crippen molar-refractivity contribution in [1.82, 2.24) is 4.98 Å². The molecule has 0 bridgehead atoms. The summed E-state index contributed by atoms with van der Waals surface area (Å²) >= 11 is 2.32. The highest BCUT2D eigenvalue weighted by Crippen LogP contribution is 2.19. The van der Waals surface area contributed by atoms with Crippen LogP contribution < -0.4 is 0 Å². The summed E-state index contributed by atoms with van der Waals surface area (Å²) in [5.74, 6) is 1.16. The van der Waals surface area contributed by atoms with Gasteiger partial charge in [0, 0.05) is 16.0 Å². The summed E-state index contributed by atoms with van der Waals surface area (Å²) in [5, 5.41) is 0. The summed E-state index contributed by atoms with van der Waals surface area (Å²) in [6.45, 7) is 8.78. The monoisotopic (exact) mass is 407 g/mol. The van der Waals surface area contributed by atoms with Gasteiger partial charge in [-0.05, 0) is 69.7 Å². The second-order valence-electron chi connectivity index (χ2n) is 6.24. The SMILES string of the molecule is BCCc1ccc(I)cc1.CC(C)c1cncc(C(C)C)c1. The standard InChI is InChI=1S/C11H17N.C8H10BI/c1-8(2)10-5-11(9(3)4)7-12-6-10;9-6-5-7-1-3-8(10)4-2-7/h5-9H,1-4H3;1-4H,5-6,9H2. The topological polar surface area (TPSA) is 12.9 Å². The third-order valence-electron chi connectivity index (χ3n) is 3.57. The molecule has 1 aromatic carbocycles. The predicted octanol–water partition coefficient (Wildman–Crippen LogP) is 5.21. The largest absolute Gasteiger partial charge is 0.264 e. The molecule has 1 nitrogen and oxygen atoms in total. The minimum atomic E-state index is 0.580. The molecule has 0 saturated heterocycles. The van der Waals surface area contributed by atoms with Crippen LogP contribution in [-0.4, -0.2) is 12.8 Å². The molecule has 0 aliphatic carbocycles. The molecule has 0 N–H and O–H groups in total. The Labute approximate surface area is 150 Å². The normalized spacial score (nSPS) is 10.5. The van der Waals surface area contributed by atoms with Gasteiger partial charge in [0.05, 0.1) is 0 Å². The van der Waals surface area contributed by atoms with Crippen LogP contribution >= 0.6 is 22.6 Å². The zero-order chi connectivity index (χ0) is 16.5. The lowest BCUT2D eigenvalue weighted by Crippen LogP contribution is -1.94. The van der Waals surface area contributed by atoms with E-state index in [2.05, 4.69) is 93.4 Å². The fourth-order valence-corrected chi connectivity index (χ4v) is 2.41. The van der Waals surface area contributed by atoms with Crippen LogP contribution in [0.4, 0.5) is 0 Å². The molecule has 3 heteroatoms. The van der Waals surface area contributed by atoms with E-state index in [0.29, 0.717) is 11.8 Å². The Balaban J connectivity index is 0.000000224. The van der Waals surface area contributed by atoms with Crippen molar-refractivity contribution in [3.05, 3.63) is 63.0 Å². The van der Waals surface area contributed by atoms with E-state index in [0.717, 1.165) is 0 Å². The zero-order valence-electron chi connectivity index (χ0n) is 14.4. The van der Waals surface area contributed by atoms with Gasteiger partial charge in [-0.3, -0.25) is 4.98 Å². The van der Waals surface area contributed by atoms with Gasteiger partial charge in [0.15, 0.2) is 0 Å². The molecule has 0 fully saturated rings. The van der Waals surface area contributed by atoms with E-state index >= 15 is 0 Å². The van der Waals surface area contributed by atoms with Gasteiger partial charge < -0.3 is 0 Å². The number of halogens is 1. The van der Waals surface area contributed by atoms with Gasteiger partial charge in [-0.1, -0.05) is 52.2 Å². The fraction of sp³-hybridized carbons (Fsp3) is 0.421. The summed E-state index contributed by atoms with van der Waals surface area (Å²) in [6, 6.07) is 11.0. The summed E-state index contributed by atoms with van der Waals surface area (Å²) in [6.07, 6.45) is 6.35. The fourth-order valence-electron chi connectivity index (χ4n) is 2.05.